The molecule has 5 nitrogen and oxygen atoms in total. The van der Waals surface area contributed by atoms with Gasteiger partial charge in [0.25, 0.3) is 0 Å². The van der Waals surface area contributed by atoms with Gasteiger partial charge in [-0.3, -0.25) is 4.79 Å². The van der Waals surface area contributed by atoms with E-state index in [0.717, 1.165) is 6.54 Å². The molecule has 0 aromatic rings. The maximum Gasteiger partial charge on any atom is 0.185 e. The van der Waals surface area contributed by atoms with Gasteiger partial charge < -0.3 is 9.45 Å². The average molecular weight is 318 g/mol. The van der Waals surface area contributed by atoms with E-state index in [1.165, 1.54) is 12.2 Å². The second kappa shape index (κ2) is 6.72. The molecule has 0 atom stereocenters. The first-order valence-electron chi connectivity index (χ1n) is 6.78. The van der Waals surface area contributed by atoms with Gasteiger partial charge in [-0.25, -0.2) is 8.42 Å². The molecule has 0 fully saturated rings. The fraction of sp³-hybridized carbons (Fsp3) is 0.188. The molecular formula is C16H16NO4S-. The minimum atomic E-state index is -4.45. The Bertz CT molecular complexity index is 733. The third-order valence-electron chi connectivity index (χ3n) is 3.21. The summed E-state index contributed by atoms with van der Waals surface area (Å²) in [5.41, 5.74) is 1.27. The highest BCUT2D eigenvalue weighted by atomic mass is 32.2. The Labute approximate surface area is 130 Å². The van der Waals surface area contributed by atoms with Gasteiger partial charge in [0.1, 0.15) is 0 Å². The molecule has 0 aromatic carbocycles. The summed E-state index contributed by atoms with van der Waals surface area (Å²) >= 11 is 0. The smallest absolute Gasteiger partial charge is 0.185 e. The molecule has 0 saturated heterocycles. The normalized spacial score (nSPS) is 19.4. The van der Waals surface area contributed by atoms with Crippen LogP contribution in [0.4, 0.5) is 0 Å². The summed E-state index contributed by atoms with van der Waals surface area (Å²) in [4.78, 5) is 13.7. The molecule has 0 N–H and O–H groups in total. The Morgan fingerprint density at radius 1 is 1.18 bits per heavy atom. The second-order valence-electron chi connectivity index (χ2n) is 4.83. The van der Waals surface area contributed by atoms with Gasteiger partial charge in [0.2, 0.25) is 0 Å². The van der Waals surface area contributed by atoms with Crippen LogP contribution in [0.2, 0.25) is 0 Å². The minimum absolute atomic E-state index is 0.220. The van der Waals surface area contributed by atoms with Gasteiger partial charge in [-0.1, -0.05) is 18.2 Å². The van der Waals surface area contributed by atoms with E-state index in [1.54, 1.807) is 42.8 Å². The van der Waals surface area contributed by atoms with Gasteiger partial charge >= 0.3 is 0 Å². The summed E-state index contributed by atoms with van der Waals surface area (Å²) in [6, 6.07) is 0. The zero-order valence-electron chi connectivity index (χ0n) is 12.1. The van der Waals surface area contributed by atoms with E-state index in [4.69, 9.17) is 0 Å². The number of ketones is 1. The zero-order valence-corrected chi connectivity index (χ0v) is 12.9. The molecule has 0 saturated carbocycles. The molecule has 0 aromatic heterocycles. The number of hydrogen-bond donors (Lipinski definition) is 0. The molecule has 0 radical (unpaired) electrons. The topological polar surface area (TPSA) is 77.5 Å². The quantitative estimate of drug-likeness (QED) is 0.583. The van der Waals surface area contributed by atoms with Crippen LogP contribution in [0.25, 0.3) is 0 Å². The van der Waals surface area contributed by atoms with E-state index >= 15 is 0 Å². The zero-order chi connectivity index (χ0) is 16.2. The van der Waals surface area contributed by atoms with Crippen molar-refractivity contribution < 1.29 is 17.8 Å². The third kappa shape index (κ3) is 4.41. The Morgan fingerprint density at radius 2 is 1.82 bits per heavy atom. The average Bonchev–Trinajstić information content (AvgIpc) is 2.47. The van der Waals surface area contributed by atoms with Crippen LogP contribution in [0.5, 0.6) is 0 Å². The Balaban J connectivity index is 2.43. The van der Waals surface area contributed by atoms with Crippen LogP contribution in [-0.4, -0.2) is 36.0 Å². The molecule has 1 aliphatic carbocycles. The van der Waals surface area contributed by atoms with Crippen molar-refractivity contribution in [2.24, 2.45) is 0 Å². The highest BCUT2D eigenvalue weighted by Gasteiger charge is 2.12. The van der Waals surface area contributed by atoms with Crippen molar-refractivity contribution in [3.63, 3.8) is 0 Å². The predicted molar refractivity (Wildman–Crippen MR) is 83.6 cm³/mol. The van der Waals surface area contributed by atoms with Gasteiger partial charge in [-0.2, -0.15) is 0 Å². The van der Waals surface area contributed by atoms with Gasteiger partial charge in [0.15, 0.2) is 5.78 Å². The van der Waals surface area contributed by atoms with Gasteiger partial charge in [-0.05, 0) is 42.4 Å². The van der Waals surface area contributed by atoms with Crippen molar-refractivity contribution in [1.29, 1.82) is 0 Å². The summed E-state index contributed by atoms with van der Waals surface area (Å²) in [7, 11) is -4.45. The first kappa shape index (κ1) is 16.2. The molecule has 0 unspecified atom stereocenters. The van der Waals surface area contributed by atoms with Crippen LogP contribution in [-0.2, 0) is 14.9 Å². The minimum Gasteiger partial charge on any atom is -0.748 e. The van der Waals surface area contributed by atoms with Crippen LogP contribution in [0.3, 0.4) is 0 Å². The molecule has 1 aliphatic heterocycles. The number of carbonyl (C=O) groups is 1. The lowest BCUT2D eigenvalue weighted by Crippen LogP contribution is -2.13. The molecule has 6 heteroatoms. The van der Waals surface area contributed by atoms with Crippen molar-refractivity contribution in [2.75, 3.05) is 12.3 Å². The first-order chi connectivity index (χ1) is 10.4. The summed E-state index contributed by atoms with van der Waals surface area (Å²) in [6.07, 6.45) is 14.8. The molecule has 0 bridgehead atoms. The first-order valence-corrected chi connectivity index (χ1v) is 8.36. The second-order valence-corrected chi connectivity index (χ2v) is 6.23. The summed E-state index contributed by atoms with van der Waals surface area (Å²) in [5.74, 6) is -0.875. The monoisotopic (exact) mass is 318 g/mol. The number of rotatable bonds is 4. The molecule has 2 rings (SSSR count). The lowest BCUT2D eigenvalue weighted by atomic mass is 10.0. The van der Waals surface area contributed by atoms with Crippen molar-refractivity contribution in [3.05, 3.63) is 71.7 Å². The largest absolute Gasteiger partial charge is 0.748 e. The Hall–Kier alpha value is -2.18. The number of nitrogens with zero attached hydrogens (tertiary/aromatic N) is 1. The molecular weight excluding hydrogens is 302 g/mol. The van der Waals surface area contributed by atoms with Crippen molar-refractivity contribution in [1.82, 2.24) is 4.90 Å². The van der Waals surface area contributed by atoms with E-state index in [1.807, 2.05) is 11.8 Å². The fourth-order valence-electron chi connectivity index (χ4n) is 2.07. The molecule has 1 heterocycles. The summed E-state index contributed by atoms with van der Waals surface area (Å²) < 4.78 is 33.4. The molecule has 22 heavy (non-hydrogen) atoms. The van der Waals surface area contributed by atoms with Gasteiger partial charge in [0, 0.05) is 24.5 Å². The molecule has 0 spiro atoms. The Kier molecular flexibility index (Phi) is 4.95. The number of hydrogen-bond acceptors (Lipinski definition) is 5. The highest BCUT2D eigenvalue weighted by molar-refractivity contribution is 7.85. The maximum atomic E-state index is 11.8. The highest BCUT2D eigenvalue weighted by Crippen LogP contribution is 2.19. The van der Waals surface area contributed by atoms with E-state index in [2.05, 4.69) is 0 Å². The lowest BCUT2D eigenvalue weighted by molar-refractivity contribution is -0.111. The summed E-state index contributed by atoms with van der Waals surface area (Å²) in [5, 5.41) is 0. The van der Waals surface area contributed by atoms with E-state index in [-0.39, 0.29) is 5.78 Å². The number of allylic oxidation sites excluding steroid dienone is 9. The molecule has 0 amide bonds. The van der Waals surface area contributed by atoms with Crippen molar-refractivity contribution >= 4 is 15.9 Å². The standard InChI is InChI=1S/C16H17NO4S/c1-2-17-9-7-13(8-10-17)15(12-22(19,20)21)11-14-5-3-4-6-16(14)18/h3-11H,2,12H2,1H3,(H,19,20,21)/p-1/b14-11+. The van der Waals surface area contributed by atoms with Crippen molar-refractivity contribution in [2.45, 2.75) is 6.92 Å². The molecule has 116 valence electrons. The van der Waals surface area contributed by atoms with Gasteiger partial charge in [0.05, 0.1) is 15.9 Å². The van der Waals surface area contributed by atoms with Crippen LogP contribution < -0.4 is 0 Å². The van der Waals surface area contributed by atoms with Crippen LogP contribution >= 0.6 is 0 Å². The third-order valence-corrected chi connectivity index (χ3v) is 3.87. The summed E-state index contributed by atoms with van der Waals surface area (Å²) in [6.45, 7) is 2.76. The van der Waals surface area contributed by atoms with Crippen LogP contribution in [0, 0.1) is 0 Å². The lowest BCUT2D eigenvalue weighted by Gasteiger charge is -2.18. The maximum absolute atomic E-state index is 11.8. The fourth-order valence-corrected chi connectivity index (χ4v) is 2.70. The SMILES string of the molecule is CCN1C=CC(=C(/C=C2\C=CC=CC2=O)CS(=O)(=O)[O-])C=C1. The number of carbonyl (C=O) groups excluding carboxylic acids is 1. The van der Waals surface area contributed by atoms with E-state index in [0.29, 0.717) is 16.7 Å². The van der Waals surface area contributed by atoms with Crippen LogP contribution in [0.15, 0.2) is 71.7 Å². The van der Waals surface area contributed by atoms with E-state index in [9.17, 15) is 17.8 Å². The van der Waals surface area contributed by atoms with Gasteiger partial charge in [-0.15, -0.1) is 0 Å². The Morgan fingerprint density at radius 3 is 2.36 bits per heavy atom. The van der Waals surface area contributed by atoms with E-state index < -0.39 is 15.9 Å². The molecule has 2 aliphatic rings. The van der Waals surface area contributed by atoms with Crippen LogP contribution in [0.1, 0.15) is 6.92 Å². The predicted octanol–water partition coefficient (Wildman–Crippen LogP) is 1.81. The van der Waals surface area contributed by atoms with Crippen molar-refractivity contribution in [3.8, 4) is 0 Å².